The van der Waals surface area contributed by atoms with E-state index in [0.717, 1.165) is 29.2 Å². The molecule has 0 amide bonds. The van der Waals surface area contributed by atoms with Crippen LogP contribution < -0.4 is 0 Å². The summed E-state index contributed by atoms with van der Waals surface area (Å²) in [5.74, 6) is 0.382. The number of hydrogen-bond acceptors (Lipinski definition) is 2. The summed E-state index contributed by atoms with van der Waals surface area (Å²) in [5, 5.41) is 0. The highest BCUT2D eigenvalue weighted by Gasteiger charge is 2.29. The second-order valence-corrected chi connectivity index (χ2v) is 8.05. The summed E-state index contributed by atoms with van der Waals surface area (Å²) in [6.07, 6.45) is 0.977. The maximum Gasteiger partial charge on any atom is 0.0933 e. The van der Waals surface area contributed by atoms with Gasteiger partial charge in [0, 0.05) is 11.4 Å². The first-order chi connectivity index (χ1) is 14.1. The molecule has 29 heavy (non-hydrogen) atoms. The van der Waals surface area contributed by atoms with Gasteiger partial charge >= 0.3 is 0 Å². The zero-order valence-electron chi connectivity index (χ0n) is 17.1. The molecule has 2 heterocycles. The Hall–Kier alpha value is -3.26. The molecule has 1 aliphatic rings. The monoisotopic (exact) mass is 376 g/mol. The van der Waals surface area contributed by atoms with E-state index in [1.54, 1.807) is 0 Å². The first kappa shape index (κ1) is 17.8. The van der Waals surface area contributed by atoms with Crippen molar-refractivity contribution in [3.05, 3.63) is 95.3 Å². The Morgan fingerprint density at radius 2 is 1.21 bits per heavy atom. The van der Waals surface area contributed by atoms with Crippen molar-refractivity contribution in [2.45, 2.75) is 33.1 Å². The van der Waals surface area contributed by atoms with Crippen LogP contribution in [0.2, 0.25) is 0 Å². The smallest absolute Gasteiger partial charge is 0.0933 e. The number of pyridine rings is 2. The minimum absolute atomic E-state index is 0.382. The largest absolute Gasteiger partial charge is 0.251 e. The number of rotatable bonds is 2. The fraction of sp³-hybridized carbons (Fsp3) is 0.185. The Morgan fingerprint density at radius 3 is 1.83 bits per heavy atom. The lowest BCUT2D eigenvalue weighted by molar-refractivity contribution is 0.739. The molecule has 4 aromatic rings. The van der Waals surface area contributed by atoms with E-state index in [-0.39, 0.29) is 0 Å². The van der Waals surface area contributed by atoms with Gasteiger partial charge in [0.1, 0.15) is 0 Å². The third kappa shape index (κ3) is 3.05. The van der Waals surface area contributed by atoms with Crippen molar-refractivity contribution in [1.29, 1.82) is 0 Å². The minimum atomic E-state index is 0.382. The van der Waals surface area contributed by atoms with Gasteiger partial charge in [-0.3, -0.25) is 9.97 Å². The molecular weight excluding hydrogens is 352 g/mol. The van der Waals surface area contributed by atoms with Crippen LogP contribution in [0.4, 0.5) is 0 Å². The predicted molar refractivity (Wildman–Crippen MR) is 120 cm³/mol. The molecule has 0 N–H and O–H groups in total. The Morgan fingerprint density at radius 1 is 0.690 bits per heavy atom. The minimum Gasteiger partial charge on any atom is -0.251 e. The van der Waals surface area contributed by atoms with Crippen molar-refractivity contribution >= 4 is 0 Å². The van der Waals surface area contributed by atoms with Gasteiger partial charge in [-0.15, -0.1) is 0 Å². The molecular formula is C27H24N2. The van der Waals surface area contributed by atoms with Crippen molar-refractivity contribution in [1.82, 2.24) is 9.97 Å². The Bertz CT molecular complexity index is 1190. The molecule has 2 aromatic heterocycles. The quantitative estimate of drug-likeness (QED) is 0.386. The van der Waals surface area contributed by atoms with E-state index < -0.39 is 0 Å². The van der Waals surface area contributed by atoms with Crippen LogP contribution in [0.15, 0.2) is 72.8 Å². The molecule has 142 valence electrons. The van der Waals surface area contributed by atoms with Crippen LogP contribution in [0.5, 0.6) is 0 Å². The average Bonchev–Trinajstić information content (AvgIpc) is 2.74. The van der Waals surface area contributed by atoms with Gasteiger partial charge in [-0.2, -0.15) is 0 Å². The maximum absolute atomic E-state index is 5.01. The average molecular weight is 377 g/mol. The fourth-order valence-electron chi connectivity index (χ4n) is 4.60. The van der Waals surface area contributed by atoms with Crippen LogP contribution in [0.1, 0.15) is 35.4 Å². The fourth-order valence-corrected chi connectivity index (χ4v) is 4.60. The van der Waals surface area contributed by atoms with Crippen LogP contribution in [0, 0.1) is 13.8 Å². The lowest BCUT2D eigenvalue weighted by Gasteiger charge is -2.29. The molecule has 0 aliphatic heterocycles. The summed E-state index contributed by atoms with van der Waals surface area (Å²) in [6, 6.07) is 25.8. The van der Waals surface area contributed by atoms with E-state index in [1.165, 1.54) is 33.4 Å². The summed E-state index contributed by atoms with van der Waals surface area (Å²) >= 11 is 0. The van der Waals surface area contributed by atoms with Gasteiger partial charge in [0.05, 0.1) is 11.4 Å². The highest BCUT2D eigenvalue weighted by molar-refractivity contribution is 5.83. The normalized spacial score (nSPS) is 14.9. The first-order valence-electron chi connectivity index (χ1n) is 10.2. The number of benzene rings is 2. The summed E-state index contributed by atoms with van der Waals surface area (Å²) in [4.78, 5) is 9.99. The van der Waals surface area contributed by atoms with Gasteiger partial charge in [-0.05, 0) is 71.7 Å². The summed E-state index contributed by atoms with van der Waals surface area (Å²) in [7, 11) is 0. The van der Waals surface area contributed by atoms with E-state index in [1.807, 2.05) is 0 Å². The Balaban J connectivity index is 1.81. The van der Waals surface area contributed by atoms with Gasteiger partial charge in [0.15, 0.2) is 0 Å². The highest BCUT2D eigenvalue weighted by atomic mass is 14.8. The third-order valence-electron chi connectivity index (χ3n) is 5.84. The van der Waals surface area contributed by atoms with Crippen molar-refractivity contribution in [2.75, 3.05) is 0 Å². The van der Waals surface area contributed by atoms with Crippen LogP contribution in [0.25, 0.3) is 33.6 Å². The molecule has 5 rings (SSSR count). The van der Waals surface area contributed by atoms with Crippen molar-refractivity contribution in [3.63, 3.8) is 0 Å². The second-order valence-electron chi connectivity index (χ2n) is 8.05. The molecule has 1 atom stereocenters. The van der Waals surface area contributed by atoms with Crippen molar-refractivity contribution in [3.8, 4) is 33.6 Å². The van der Waals surface area contributed by atoms with Gasteiger partial charge < -0.3 is 0 Å². The molecule has 0 spiro atoms. The standard InChI is InChI=1S/C27H24N2/c1-17-14-24-22(20-10-6-4-7-11-20)15-18(2)28-26(24)27-25(17)23(16-19(3)29-27)21-12-8-5-9-13-21/h4-13,15-17H,14H2,1-3H3. The molecule has 2 aromatic carbocycles. The summed E-state index contributed by atoms with van der Waals surface area (Å²) in [6.45, 7) is 6.48. The van der Waals surface area contributed by atoms with Crippen LogP contribution in [-0.4, -0.2) is 9.97 Å². The zero-order chi connectivity index (χ0) is 20.0. The molecule has 1 unspecified atom stereocenters. The van der Waals surface area contributed by atoms with Crippen LogP contribution in [-0.2, 0) is 6.42 Å². The molecule has 0 radical (unpaired) electrons. The van der Waals surface area contributed by atoms with Crippen LogP contribution in [0.3, 0.4) is 0 Å². The summed E-state index contributed by atoms with van der Waals surface area (Å²) < 4.78 is 0. The second kappa shape index (κ2) is 6.97. The Kier molecular flexibility index (Phi) is 4.28. The first-order valence-corrected chi connectivity index (χ1v) is 10.2. The maximum atomic E-state index is 5.01. The summed E-state index contributed by atoms with van der Waals surface area (Å²) in [5.41, 5.74) is 11.9. The van der Waals surface area contributed by atoms with E-state index >= 15 is 0 Å². The third-order valence-corrected chi connectivity index (χ3v) is 5.84. The molecule has 0 saturated carbocycles. The topological polar surface area (TPSA) is 25.8 Å². The molecule has 0 bridgehead atoms. The van der Waals surface area contributed by atoms with Crippen molar-refractivity contribution in [2.24, 2.45) is 0 Å². The zero-order valence-corrected chi connectivity index (χ0v) is 17.1. The van der Waals surface area contributed by atoms with E-state index in [2.05, 4.69) is 93.6 Å². The molecule has 0 fully saturated rings. The Labute approximate surface area is 172 Å². The van der Waals surface area contributed by atoms with E-state index in [9.17, 15) is 0 Å². The number of hydrogen-bond donors (Lipinski definition) is 0. The lowest BCUT2D eigenvalue weighted by atomic mass is 9.78. The molecule has 2 nitrogen and oxygen atoms in total. The van der Waals surface area contributed by atoms with E-state index in [4.69, 9.17) is 9.97 Å². The van der Waals surface area contributed by atoms with Gasteiger partial charge in [0.25, 0.3) is 0 Å². The van der Waals surface area contributed by atoms with Gasteiger partial charge in [-0.25, -0.2) is 0 Å². The number of aryl methyl sites for hydroxylation is 2. The molecule has 0 saturated heterocycles. The van der Waals surface area contributed by atoms with Crippen molar-refractivity contribution < 1.29 is 0 Å². The van der Waals surface area contributed by atoms with Gasteiger partial charge in [0.2, 0.25) is 0 Å². The molecule has 2 heteroatoms. The van der Waals surface area contributed by atoms with Gasteiger partial charge in [-0.1, -0.05) is 67.6 Å². The predicted octanol–water partition coefficient (Wildman–Crippen LogP) is 6.75. The van der Waals surface area contributed by atoms with Crippen LogP contribution >= 0.6 is 0 Å². The number of fused-ring (bicyclic) bond motifs is 3. The SMILES string of the molecule is Cc1cc(-c2ccccc2)c2c(n1)-c1nc(C)cc(-c3ccccc3)c1C(C)C2. The number of aromatic nitrogens is 2. The number of nitrogens with zero attached hydrogens (tertiary/aromatic N) is 2. The van der Waals surface area contributed by atoms with E-state index in [0.29, 0.717) is 5.92 Å². The highest BCUT2D eigenvalue weighted by Crippen LogP contribution is 2.45. The molecule has 1 aliphatic carbocycles. The lowest BCUT2D eigenvalue weighted by Crippen LogP contribution is -2.15.